The van der Waals surface area contributed by atoms with E-state index in [-0.39, 0.29) is 17.2 Å². The monoisotopic (exact) mass is 368 g/mol. The Morgan fingerprint density at radius 2 is 1.85 bits per heavy atom. The highest BCUT2D eigenvalue weighted by Crippen LogP contribution is 2.62. The summed E-state index contributed by atoms with van der Waals surface area (Å²) in [5.74, 6) is 1.09. The normalized spacial score (nSPS) is 36.5. The number of nitrogens with one attached hydrogen (secondary N) is 2. The zero-order chi connectivity index (χ0) is 18.6. The van der Waals surface area contributed by atoms with Gasteiger partial charge in [-0.1, -0.05) is 6.07 Å². The molecular weight excluding hydrogens is 340 g/mol. The van der Waals surface area contributed by atoms with Crippen LogP contribution in [0.5, 0.6) is 0 Å². The van der Waals surface area contributed by atoms with E-state index < -0.39 is 5.60 Å². The molecule has 27 heavy (non-hydrogen) atoms. The zero-order valence-corrected chi connectivity index (χ0v) is 15.7. The van der Waals surface area contributed by atoms with Crippen LogP contribution in [0.2, 0.25) is 0 Å². The number of benzene rings is 1. The summed E-state index contributed by atoms with van der Waals surface area (Å²) >= 11 is 0. The van der Waals surface area contributed by atoms with E-state index in [0.29, 0.717) is 35.5 Å². The summed E-state index contributed by atoms with van der Waals surface area (Å²) in [7, 11) is 0. The van der Waals surface area contributed by atoms with E-state index in [0.717, 1.165) is 44.9 Å². The van der Waals surface area contributed by atoms with Crippen molar-refractivity contribution in [3.63, 3.8) is 0 Å². The Morgan fingerprint density at radius 1 is 1.11 bits per heavy atom. The van der Waals surface area contributed by atoms with Gasteiger partial charge in [0.25, 0.3) is 5.91 Å². The van der Waals surface area contributed by atoms with Crippen molar-refractivity contribution in [3.8, 4) is 0 Å². The highest BCUT2D eigenvalue weighted by molar-refractivity contribution is 5.97. The molecule has 2 amide bonds. The van der Waals surface area contributed by atoms with Crippen molar-refractivity contribution in [3.05, 3.63) is 29.8 Å². The van der Waals surface area contributed by atoms with Crippen molar-refractivity contribution >= 4 is 17.5 Å². The first-order valence-electron chi connectivity index (χ1n) is 10.3. The molecule has 0 spiro atoms. The smallest absolute Gasteiger partial charge is 0.251 e. The SMILES string of the molecule is O=C(CC12CC3CC(CC(O)(C3)C1)C2)Nc1cccc(C(=O)NC2CC2)c1. The molecule has 0 heterocycles. The molecular formula is C22H28N2O3. The minimum absolute atomic E-state index is 0.000279. The van der Waals surface area contributed by atoms with Crippen LogP contribution >= 0.6 is 0 Å². The first-order chi connectivity index (χ1) is 12.9. The van der Waals surface area contributed by atoms with Gasteiger partial charge in [-0.2, -0.15) is 0 Å². The summed E-state index contributed by atoms with van der Waals surface area (Å²) in [6.07, 6.45) is 8.56. The molecule has 5 saturated carbocycles. The van der Waals surface area contributed by atoms with E-state index >= 15 is 0 Å². The van der Waals surface area contributed by atoms with Crippen LogP contribution in [0.25, 0.3) is 0 Å². The van der Waals surface area contributed by atoms with Crippen LogP contribution < -0.4 is 10.6 Å². The summed E-state index contributed by atoms with van der Waals surface area (Å²) in [6, 6.07) is 7.49. The van der Waals surface area contributed by atoms with Gasteiger partial charge in [-0.25, -0.2) is 0 Å². The molecule has 5 fully saturated rings. The van der Waals surface area contributed by atoms with Crippen molar-refractivity contribution in [1.29, 1.82) is 0 Å². The van der Waals surface area contributed by atoms with Crippen LogP contribution in [0.15, 0.2) is 24.3 Å². The summed E-state index contributed by atoms with van der Waals surface area (Å²) < 4.78 is 0. The Kier molecular flexibility index (Phi) is 3.87. The number of aliphatic hydroxyl groups is 1. The van der Waals surface area contributed by atoms with Gasteiger partial charge in [0.05, 0.1) is 5.60 Å². The lowest BCUT2D eigenvalue weighted by Crippen LogP contribution is -2.56. The topological polar surface area (TPSA) is 78.4 Å². The third kappa shape index (κ3) is 3.49. The fourth-order valence-electron chi connectivity index (χ4n) is 6.39. The number of amides is 2. The van der Waals surface area contributed by atoms with E-state index in [2.05, 4.69) is 10.6 Å². The molecule has 1 aromatic carbocycles. The Balaban J connectivity index is 1.25. The molecule has 0 aliphatic heterocycles. The maximum Gasteiger partial charge on any atom is 0.251 e. The van der Waals surface area contributed by atoms with Gasteiger partial charge in [0.2, 0.25) is 5.91 Å². The molecule has 0 aromatic heterocycles. The van der Waals surface area contributed by atoms with E-state index in [9.17, 15) is 14.7 Å². The van der Waals surface area contributed by atoms with E-state index in [1.165, 1.54) is 6.42 Å². The molecule has 6 rings (SSSR count). The second-order valence-corrected chi connectivity index (χ2v) is 9.74. The van der Waals surface area contributed by atoms with Crippen LogP contribution in [0, 0.1) is 17.3 Å². The average molecular weight is 368 g/mol. The highest BCUT2D eigenvalue weighted by atomic mass is 16.3. The number of anilines is 1. The third-order valence-corrected chi connectivity index (χ3v) is 7.01. The fraction of sp³-hybridized carbons (Fsp3) is 0.636. The van der Waals surface area contributed by atoms with Crippen LogP contribution in [0.3, 0.4) is 0 Å². The standard InChI is InChI=1S/C22H28N2O3/c25-19(12-21-8-14-6-15(9-21)11-22(27,10-14)13-21)23-18-3-1-2-16(7-18)20(26)24-17-4-5-17/h1-3,7,14-15,17,27H,4-6,8-13H2,(H,23,25)(H,24,26). The van der Waals surface area contributed by atoms with Gasteiger partial charge >= 0.3 is 0 Å². The lowest BCUT2D eigenvalue weighted by molar-refractivity contribution is -0.167. The first-order valence-corrected chi connectivity index (χ1v) is 10.3. The number of carbonyl (C=O) groups is 2. The van der Waals surface area contributed by atoms with Gasteiger partial charge in [0.15, 0.2) is 0 Å². The molecule has 5 heteroatoms. The van der Waals surface area contributed by atoms with Crippen molar-refractivity contribution in [1.82, 2.24) is 5.32 Å². The Labute approximate surface area is 159 Å². The van der Waals surface area contributed by atoms with Gasteiger partial charge < -0.3 is 15.7 Å². The van der Waals surface area contributed by atoms with Crippen molar-refractivity contribution in [2.45, 2.75) is 69.4 Å². The lowest BCUT2D eigenvalue weighted by atomic mass is 9.47. The van der Waals surface area contributed by atoms with Crippen molar-refractivity contribution < 1.29 is 14.7 Å². The van der Waals surface area contributed by atoms with Crippen LogP contribution in [0.1, 0.15) is 68.1 Å². The second kappa shape index (κ2) is 6.06. The molecule has 5 aliphatic carbocycles. The lowest BCUT2D eigenvalue weighted by Gasteiger charge is -2.60. The number of hydrogen-bond acceptors (Lipinski definition) is 3. The second-order valence-electron chi connectivity index (χ2n) is 9.74. The third-order valence-electron chi connectivity index (χ3n) is 7.01. The minimum atomic E-state index is -0.537. The molecule has 2 unspecified atom stereocenters. The molecule has 0 saturated heterocycles. The molecule has 1 aromatic rings. The molecule has 0 radical (unpaired) electrons. The predicted octanol–water partition coefficient (Wildman–Crippen LogP) is 3.24. The largest absolute Gasteiger partial charge is 0.390 e. The quantitative estimate of drug-likeness (QED) is 0.747. The molecule has 2 atom stereocenters. The molecule has 3 N–H and O–H groups in total. The van der Waals surface area contributed by atoms with E-state index in [4.69, 9.17) is 0 Å². The van der Waals surface area contributed by atoms with E-state index in [1.807, 2.05) is 12.1 Å². The Hall–Kier alpha value is -1.88. The van der Waals surface area contributed by atoms with Gasteiger partial charge in [0.1, 0.15) is 0 Å². The number of rotatable bonds is 5. The van der Waals surface area contributed by atoms with Crippen LogP contribution in [-0.2, 0) is 4.79 Å². The van der Waals surface area contributed by atoms with E-state index in [1.54, 1.807) is 12.1 Å². The predicted molar refractivity (Wildman–Crippen MR) is 102 cm³/mol. The van der Waals surface area contributed by atoms with Gasteiger partial charge in [-0.3, -0.25) is 9.59 Å². The summed E-state index contributed by atoms with van der Waals surface area (Å²) in [5.41, 5.74) is 0.686. The first kappa shape index (κ1) is 17.2. The Bertz CT molecular complexity index is 772. The summed E-state index contributed by atoms with van der Waals surface area (Å²) in [4.78, 5) is 25.0. The van der Waals surface area contributed by atoms with Crippen LogP contribution in [0.4, 0.5) is 5.69 Å². The maximum atomic E-state index is 12.8. The fourth-order valence-corrected chi connectivity index (χ4v) is 6.39. The van der Waals surface area contributed by atoms with Crippen LogP contribution in [-0.4, -0.2) is 28.6 Å². The highest BCUT2D eigenvalue weighted by Gasteiger charge is 2.57. The molecule has 5 nitrogen and oxygen atoms in total. The molecule has 144 valence electrons. The summed E-state index contributed by atoms with van der Waals surface area (Å²) in [5, 5.41) is 16.8. The number of hydrogen-bond donors (Lipinski definition) is 3. The Morgan fingerprint density at radius 3 is 2.52 bits per heavy atom. The molecule has 5 aliphatic rings. The van der Waals surface area contributed by atoms with Crippen molar-refractivity contribution in [2.24, 2.45) is 17.3 Å². The van der Waals surface area contributed by atoms with Gasteiger partial charge in [-0.15, -0.1) is 0 Å². The van der Waals surface area contributed by atoms with Crippen molar-refractivity contribution in [2.75, 3.05) is 5.32 Å². The minimum Gasteiger partial charge on any atom is -0.390 e. The molecule has 4 bridgehead atoms. The van der Waals surface area contributed by atoms with Gasteiger partial charge in [-0.05, 0) is 86.8 Å². The van der Waals surface area contributed by atoms with Gasteiger partial charge in [0, 0.05) is 23.7 Å². The maximum absolute atomic E-state index is 12.8. The summed E-state index contributed by atoms with van der Waals surface area (Å²) in [6.45, 7) is 0. The zero-order valence-electron chi connectivity index (χ0n) is 15.7. The number of carbonyl (C=O) groups excluding carboxylic acids is 2. The average Bonchev–Trinajstić information content (AvgIpc) is 3.36.